The van der Waals surface area contributed by atoms with E-state index >= 15 is 0 Å². The molecule has 0 aromatic heterocycles. The highest BCUT2D eigenvalue weighted by Gasteiger charge is 2.18. The van der Waals surface area contributed by atoms with Crippen LogP contribution in [0, 0.1) is 10.1 Å². The number of rotatable bonds is 4. The van der Waals surface area contributed by atoms with Gasteiger partial charge in [0.05, 0.1) is 11.5 Å². The summed E-state index contributed by atoms with van der Waals surface area (Å²) in [6, 6.07) is 4.79. The molecule has 1 aliphatic heterocycles. The normalized spacial score (nSPS) is 16.7. The fraction of sp³-hybridized carbons (Fsp3) is 0.500. The van der Waals surface area contributed by atoms with E-state index < -0.39 is 0 Å². The van der Waals surface area contributed by atoms with Crippen LogP contribution < -0.4 is 5.32 Å². The zero-order chi connectivity index (χ0) is 13.0. The van der Waals surface area contributed by atoms with Gasteiger partial charge in [0.1, 0.15) is 0 Å². The molecule has 1 aromatic carbocycles. The minimum Gasteiger partial charge on any atom is -0.392 e. The molecule has 0 spiro atoms. The lowest BCUT2D eigenvalue weighted by molar-refractivity contribution is -0.385. The van der Waals surface area contributed by atoms with Gasteiger partial charge < -0.3 is 10.4 Å². The van der Waals surface area contributed by atoms with E-state index in [1.807, 2.05) is 0 Å². The molecule has 1 saturated heterocycles. The average Bonchev–Trinajstić information content (AvgIpc) is 2.39. The highest BCUT2D eigenvalue weighted by molar-refractivity contribution is 5.42. The lowest BCUT2D eigenvalue weighted by Crippen LogP contribution is -2.42. The van der Waals surface area contributed by atoms with Crippen molar-refractivity contribution in [3.63, 3.8) is 0 Å². The van der Waals surface area contributed by atoms with Gasteiger partial charge in [0, 0.05) is 44.4 Å². The van der Waals surface area contributed by atoms with E-state index in [4.69, 9.17) is 5.11 Å². The van der Waals surface area contributed by atoms with Crippen LogP contribution in [0.25, 0.3) is 0 Å². The standard InChI is InChI=1S/C12H17N3O3/c16-9-10-1-2-12(15(17)18)11(7-10)8-14-5-3-13-4-6-14/h1-2,7,13,16H,3-6,8-9H2. The quantitative estimate of drug-likeness (QED) is 0.601. The molecule has 98 valence electrons. The van der Waals surface area contributed by atoms with Gasteiger partial charge in [-0.3, -0.25) is 15.0 Å². The Hall–Kier alpha value is -1.50. The molecule has 2 N–H and O–H groups in total. The number of aliphatic hydroxyl groups excluding tert-OH is 1. The van der Waals surface area contributed by atoms with Gasteiger partial charge in [-0.2, -0.15) is 0 Å². The summed E-state index contributed by atoms with van der Waals surface area (Å²) >= 11 is 0. The molecular formula is C12H17N3O3. The third-order valence-electron chi connectivity index (χ3n) is 3.13. The van der Waals surface area contributed by atoms with Crippen LogP contribution in [0.2, 0.25) is 0 Å². The van der Waals surface area contributed by atoms with Crippen LogP contribution in [0.4, 0.5) is 5.69 Å². The third kappa shape index (κ3) is 3.04. The molecule has 0 unspecified atom stereocenters. The Balaban J connectivity index is 2.19. The summed E-state index contributed by atoms with van der Waals surface area (Å²) < 4.78 is 0. The zero-order valence-electron chi connectivity index (χ0n) is 10.1. The van der Waals surface area contributed by atoms with Crippen LogP contribution in [0.3, 0.4) is 0 Å². The van der Waals surface area contributed by atoms with E-state index in [1.54, 1.807) is 12.1 Å². The molecule has 6 nitrogen and oxygen atoms in total. The molecule has 1 heterocycles. The first-order chi connectivity index (χ1) is 8.70. The van der Waals surface area contributed by atoms with Gasteiger partial charge in [-0.1, -0.05) is 0 Å². The summed E-state index contributed by atoms with van der Waals surface area (Å²) in [6.45, 7) is 4.07. The van der Waals surface area contributed by atoms with E-state index in [0.717, 1.165) is 26.2 Å². The second-order valence-corrected chi connectivity index (χ2v) is 4.40. The van der Waals surface area contributed by atoms with Crippen molar-refractivity contribution in [2.45, 2.75) is 13.2 Å². The van der Waals surface area contributed by atoms with Crippen molar-refractivity contribution < 1.29 is 10.0 Å². The summed E-state index contributed by atoms with van der Waals surface area (Å²) in [5.41, 5.74) is 1.52. The van der Waals surface area contributed by atoms with Gasteiger partial charge in [0.15, 0.2) is 0 Å². The van der Waals surface area contributed by atoms with Crippen LogP contribution in [0.5, 0.6) is 0 Å². The van der Waals surface area contributed by atoms with Crippen molar-refractivity contribution in [2.75, 3.05) is 26.2 Å². The maximum absolute atomic E-state index is 11.0. The van der Waals surface area contributed by atoms with Gasteiger partial charge in [-0.05, 0) is 17.7 Å². The Morgan fingerprint density at radius 3 is 2.72 bits per heavy atom. The van der Waals surface area contributed by atoms with Crippen LogP contribution >= 0.6 is 0 Å². The van der Waals surface area contributed by atoms with Crippen molar-refractivity contribution in [2.24, 2.45) is 0 Å². The molecule has 0 bridgehead atoms. The lowest BCUT2D eigenvalue weighted by Gasteiger charge is -2.27. The minimum absolute atomic E-state index is 0.0907. The first-order valence-electron chi connectivity index (χ1n) is 6.01. The SMILES string of the molecule is O=[N+]([O-])c1ccc(CO)cc1CN1CCNCC1. The Labute approximate surface area is 105 Å². The summed E-state index contributed by atoms with van der Waals surface area (Å²) in [5.74, 6) is 0. The Morgan fingerprint density at radius 1 is 1.39 bits per heavy atom. The molecule has 0 atom stereocenters. The van der Waals surface area contributed by atoms with Crippen LogP contribution in [-0.2, 0) is 13.2 Å². The number of nitrogens with zero attached hydrogens (tertiary/aromatic N) is 2. The van der Waals surface area contributed by atoms with Crippen molar-refractivity contribution in [3.05, 3.63) is 39.4 Å². The lowest BCUT2D eigenvalue weighted by atomic mass is 10.1. The molecule has 1 aliphatic rings. The van der Waals surface area contributed by atoms with E-state index in [-0.39, 0.29) is 17.2 Å². The van der Waals surface area contributed by atoms with Gasteiger partial charge >= 0.3 is 0 Å². The second kappa shape index (κ2) is 5.90. The second-order valence-electron chi connectivity index (χ2n) is 4.40. The molecular weight excluding hydrogens is 234 g/mol. The summed E-state index contributed by atoms with van der Waals surface area (Å²) in [5, 5.41) is 23.3. The molecule has 1 fully saturated rings. The monoisotopic (exact) mass is 251 g/mol. The fourth-order valence-corrected chi connectivity index (χ4v) is 2.15. The number of piperazine rings is 1. The van der Waals surface area contributed by atoms with Gasteiger partial charge in [0.25, 0.3) is 5.69 Å². The van der Waals surface area contributed by atoms with Crippen molar-refractivity contribution in [1.29, 1.82) is 0 Å². The van der Waals surface area contributed by atoms with Gasteiger partial charge in [-0.15, -0.1) is 0 Å². The summed E-state index contributed by atoms with van der Waals surface area (Å²) in [7, 11) is 0. The van der Waals surface area contributed by atoms with Gasteiger partial charge in [-0.25, -0.2) is 0 Å². The summed E-state index contributed by atoms with van der Waals surface area (Å²) in [6.07, 6.45) is 0. The molecule has 1 aromatic rings. The Kier molecular flexibility index (Phi) is 4.24. The average molecular weight is 251 g/mol. The Morgan fingerprint density at radius 2 is 2.11 bits per heavy atom. The number of hydrogen-bond donors (Lipinski definition) is 2. The van der Waals surface area contributed by atoms with E-state index in [2.05, 4.69) is 10.2 Å². The van der Waals surface area contributed by atoms with E-state index in [9.17, 15) is 10.1 Å². The maximum Gasteiger partial charge on any atom is 0.273 e. The van der Waals surface area contributed by atoms with Crippen LogP contribution in [0.15, 0.2) is 18.2 Å². The number of benzene rings is 1. The number of hydrogen-bond acceptors (Lipinski definition) is 5. The van der Waals surface area contributed by atoms with Crippen molar-refractivity contribution in [3.8, 4) is 0 Å². The Bertz CT molecular complexity index is 431. The third-order valence-corrected chi connectivity index (χ3v) is 3.13. The predicted molar refractivity (Wildman–Crippen MR) is 67.2 cm³/mol. The van der Waals surface area contributed by atoms with Crippen molar-refractivity contribution in [1.82, 2.24) is 10.2 Å². The highest BCUT2D eigenvalue weighted by Crippen LogP contribution is 2.22. The fourth-order valence-electron chi connectivity index (χ4n) is 2.15. The maximum atomic E-state index is 11.0. The first kappa shape index (κ1) is 12.9. The van der Waals surface area contributed by atoms with Crippen molar-refractivity contribution >= 4 is 5.69 Å². The largest absolute Gasteiger partial charge is 0.392 e. The van der Waals surface area contributed by atoms with Crippen LogP contribution in [0.1, 0.15) is 11.1 Å². The van der Waals surface area contributed by atoms with Crippen LogP contribution in [-0.4, -0.2) is 41.1 Å². The van der Waals surface area contributed by atoms with Gasteiger partial charge in [0.2, 0.25) is 0 Å². The molecule has 6 heteroatoms. The predicted octanol–water partition coefficient (Wildman–Crippen LogP) is 0.492. The number of nitrogens with one attached hydrogen (secondary N) is 1. The molecule has 0 saturated carbocycles. The molecule has 0 aliphatic carbocycles. The molecule has 2 rings (SSSR count). The highest BCUT2D eigenvalue weighted by atomic mass is 16.6. The number of nitro groups is 1. The summed E-state index contributed by atoms with van der Waals surface area (Å²) in [4.78, 5) is 12.8. The number of aliphatic hydroxyl groups is 1. The molecule has 0 amide bonds. The minimum atomic E-state index is -0.362. The molecule has 18 heavy (non-hydrogen) atoms. The molecule has 0 radical (unpaired) electrons. The zero-order valence-corrected chi connectivity index (χ0v) is 10.1. The smallest absolute Gasteiger partial charge is 0.273 e. The van der Waals surface area contributed by atoms with E-state index in [1.165, 1.54) is 6.07 Å². The first-order valence-corrected chi connectivity index (χ1v) is 6.01. The number of nitro benzene ring substituents is 1. The van der Waals surface area contributed by atoms with E-state index in [0.29, 0.717) is 17.7 Å². The topological polar surface area (TPSA) is 78.6 Å².